The number of cyclic esters (lactones) is 1. The van der Waals surface area contributed by atoms with E-state index in [2.05, 4.69) is 22.5 Å². The van der Waals surface area contributed by atoms with Crippen LogP contribution in [0.4, 0.5) is 13.6 Å². The largest absolute Gasteiger partial charge is 0.501 e. The Balaban J connectivity index is 0.000000308. The number of urea groups is 1. The number of esters is 1. The molecule has 4 aliphatic heterocycles. The highest BCUT2D eigenvalue weighted by atomic mass is 19.1. The van der Waals surface area contributed by atoms with Crippen LogP contribution in [0.2, 0.25) is 0 Å². The Hall–Kier alpha value is -5.55. The van der Waals surface area contributed by atoms with Crippen LogP contribution in [0.15, 0.2) is 42.3 Å². The minimum absolute atomic E-state index is 0.0218. The Labute approximate surface area is 337 Å². The molecular weight excluding hydrogens is 760 g/mol. The number of methoxy groups -OCH3 is 1. The van der Waals surface area contributed by atoms with E-state index in [-0.39, 0.29) is 42.5 Å². The third-order valence-corrected chi connectivity index (χ3v) is 9.92. The van der Waals surface area contributed by atoms with E-state index in [9.17, 15) is 42.3 Å². The van der Waals surface area contributed by atoms with Crippen LogP contribution in [0.3, 0.4) is 0 Å². The Morgan fingerprint density at radius 1 is 0.948 bits per heavy atom. The first-order chi connectivity index (χ1) is 27.3. The molecule has 58 heavy (non-hydrogen) atoms. The summed E-state index contributed by atoms with van der Waals surface area (Å²) in [6.07, 6.45) is 4.72. The summed E-state index contributed by atoms with van der Waals surface area (Å²) in [5.74, 6) is -2.62. The first-order valence-corrected chi connectivity index (χ1v) is 19.4. The second-order valence-electron chi connectivity index (χ2n) is 15.0. The van der Waals surface area contributed by atoms with Gasteiger partial charge in [-0.25, -0.2) is 18.4 Å². The van der Waals surface area contributed by atoms with Gasteiger partial charge in [0.2, 0.25) is 29.5 Å². The molecule has 6 unspecified atom stereocenters. The van der Waals surface area contributed by atoms with Gasteiger partial charge >= 0.3 is 12.0 Å². The zero-order valence-corrected chi connectivity index (χ0v) is 34.1. The highest BCUT2D eigenvalue weighted by molar-refractivity contribution is 5.96. The number of allylic oxidation sites excluding steroid dienone is 2. The van der Waals surface area contributed by atoms with E-state index in [1.54, 1.807) is 43.6 Å². The van der Waals surface area contributed by atoms with Crippen LogP contribution in [-0.4, -0.2) is 120 Å². The SMILES string of the molecule is C=C(/C=C(\C)OC)NC(=O)NCC(N)=O.CC1CC2C(=O)OC(C)CC(=O)N3CCCC3C(=O)N3CCCCC3C(=O)NC(C)C(=O)N2C1.Cc1cc(F)cc(F)c1. The number of aryl methyl sites for hydroxylation is 1. The van der Waals surface area contributed by atoms with Gasteiger partial charge in [-0.05, 0) is 95.9 Å². The van der Waals surface area contributed by atoms with Crippen molar-refractivity contribution in [3.63, 3.8) is 0 Å². The van der Waals surface area contributed by atoms with Crippen LogP contribution in [0.25, 0.3) is 0 Å². The fourth-order valence-electron chi connectivity index (χ4n) is 7.19. The number of fused-ring (bicyclic) bond motifs is 3. The lowest BCUT2D eigenvalue weighted by atomic mass is 9.99. The number of benzene rings is 1. The third-order valence-electron chi connectivity index (χ3n) is 9.92. The maximum atomic E-state index is 13.5. The van der Waals surface area contributed by atoms with E-state index in [1.165, 1.54) is 24.1 Å². The second kappa shape index (κ2) is 21.8. The van der Waals surface area contributed by atoms with Crippen LogP contribution in [0.5, 0.6) is 0 Å². The molecule has 320 valence electrons. The summed E-state index contributed by atoms with van der Waals surface area (Å²) in [7, 11) is 1.51. The van der Waals surface area contributed by atoms with Gasteiger partial charge in [-0.3, -0.25) is 24.0 Å². The number of nitrogens with zero attached hydrogens (tertiary/aromatic N) is 3. The summed E-state index contributed by atoms with van der Waals surface area (Å²) in [5.41, 5.74) is 5.80. The summed E-state index contributed by atoms with van der Waals surface area (Å²) in [6, 6.07) is 0.0283. The molecule has 0 bridgehead atoms. The number of amides is 7. The van der Waals surface area contributed by atoms with Crippen LogP contribution in [0, 0.1) is 24.5 Å². The lowest BCUT2D eigenvalue weighted by Crippen LogP contribution is -2.59. The van der Waals surface area contributed by atoms with Gasteiger partial charge in [-0.1, -0.05) is 13.5 Å². The monoisotopic (exact) mass is 817 g/mol. The third kappa shape index (κ3) is 13.8. The summed E-state index contributed by atoms with van der Waals surface area (Å²) in [5, 5.41) is 7.43. The van der Waals surface area contributed by atoms with Crippen molar-refractivity contribution in [2.75, 3.05) is 33.3 Å². The minimum Gasteiger partial charge on any atom is -0.501 e. The highest BCUT2D eigenvalue weighted by Gasteiger charge is 2.44. The van der Waals surface area contributed by atoms with Gasteiger partial charge in [-0.15, -0.1) is 0 Å². The number of halogens is 2. The van der Waals surface area contributed by atoms with Gasteiger partial charge in [0.05, 0.1) is 25.8 Å². The molecule has 4 saturated heterocycles. The standard InChI is InChI=1S/C24H36N4O6.C9H15N3O3.C7H6F2/c1-14-11-19-24(33)34-15(2)12-20(29)26-10-6-8-18(26)23(32)27-9-5-4-7-17(27)21(30)25-16(3)22(31)28(19)13-14;1-6(4-7(2)15-3)12-9(14)11-5-8(10)13;1-5-2-6(8)4-7(9)3-5/h14-19H,4-13H2,1-3H3,(H,25,30);4H,1,5H2,2-3H3,(H2,10,13)(H2,11,12,14);2-4H,1H3/b;7-4+;. The predicted octanol–water partition coefficient (Wildman–Crippen LogP) is 2.54. The molecule has 4 aliphatic rings. The summed E-state index contributed by atoms with van der Waals surface area (Å²) >= 11 is 0. The topological polar surface area (TPSA) is 210 Å². The average molecular weight is 818 g/mol. The number of carbonyl (C=O) groups excluding carboxylic acids is 7. The maximum absolute atomic E-state index is 13.5. The van der Waals surface area contributed by atoms with Crippen molar-refractivity contribution in [2.45, 2.75) is 110 Å². The molecule has 16 nitrogen and oxygen atoms in total. The van der Waals surface area contributed by atoms with E-state index in [0.717, 1.165) is 18.9 Å². The molecule has 0 spiro atoms. The molecular formula is C40H57F2N7O9. The Bertz CT molecular complexity index is 1690. The van der Waals surface area contributed by atoms with Gasteiger partial charge in [0.15, 0.2) is 0 Å². The van der Waals surface area contributed by atoms with Crippen LogP contribution in [-0.2, 0) is 38.2 Å². The number of piperidine rings is 1. The van der Waals surface area contributed by atoms with E-state index >= 15 is 0 Å². The van der Waals surface area contributed by atoms with Gasteiger partial charge in [0.25, 0.3) is 0 Å². The molecule has 0 radical (unpaired) electrons. The van der Waals surface area contributed by atoms with E-state index < -0.39 is 59.8 Å². The molecule has 18 heteroatoms. The second-order valence-corrected chi connectivity index (χ2v) is 15.0. The number of ether oxygens (including phenoxy) is 2. The number of nitrogens with two attached hydrogens (primary N) is 1. The molecule has 0 saturated carbocycles. The quantitative estimate of drug-likeness (QED) is 0.195. The summed E-state index contributed by atoms with van der Waals surface area (Å²) in [6.45, 7) is 13.3. The molecule has 7 amide bonds. The fraction of sp³-hybridized carbons (Fsp3) is 0.575. The first kappa shape index (κ1) is 46.8. The van der Waals surface area contributed by atoms with Crippen molar-refractivity contribution in [1.29, 1.82) is 0 Å². The lowest BCUT2D eigenvalue weighted by Gasteiger charge is -2.38. The van der Waals surface area contributed by atoms with Crippen molar-refractivity contribution in [2.24, 2.45) is 11.7 Å². The zero-order valence-electron chi connectivity index (χ0n) is 34.1. The van der Waals surface area contributed by atoms with Gasteiger partial charge in [-0.2, -0.15) is 0 Å². The van der Waals surface area contributed by atoms with Gasteiger partial charge in [0.1, 0.15) is 41.9 Å². The van der Waals surface area contributed by atoms with Crippen molar-refractivity contribution < 1.29 is 51.8 Å². The number of primary amides is 1. The molecule has 1 aromatic carbocycles. The Morgan fingerprint density at radius 2 is 1.59 bits per heavy atom. The minimum atomic E-state index is -0.832. The zero-order chi connectivity index (χ0) is 43.3. The average Bonchev–Trinajstić information content (AvgIpc) is 3.80. The van der Waals surface area contributed by atoms with E-state index in [1.807, 2.05) is 6.92 Å². The van der Waals surface area contributed by atoms with Gasteiger partial charge < -0.3 is 45.9 Å². The number of hydrogen-bond acceptors (Lipinski definition) is 9. The van der Waals surface area contributed by atoms with Crippen molar-refractivity contribution in [3.8, 4) is 0 Å². The van der Waals surface area contributed by atoms with Crippen molar-refractivity contribution in [3.05, 3.63) is 59.5 Å². The first-order valence-electron chi connectivity index (χ1n) is 19.4. The van der Waals surface area contributed by atoms with E-state index in [0.29, 0.717) is 62.3 Å². The van der Waals surface area contributed by atoms with Crippen LogP contribution in [0.1, 0.15) is 78.2 Å². The summed E-state index contributed by atoms with van der Waals surface area (Å²) < 4.78 is 34.8. The van der Waals surface area contributed by atoms with Crippen LogP contribution < -0.4 is 21.7 Å². The van der Waals surface area contributed by atoms with Crippen molar-refractivity contribution >= 4 is 41.5 Å². The molecule has 0 aromatic heterocycles. The molecule has 5 rings (SSSR count). The fourth-order valence-corrected chi connectivity index (χ4v) is 7.19. The molecule has 4 heterocycles. The predicted molar refractivity (Wildman–Crippen MR) is 208 cm³/mol. The Morgan fingerprint density at radius 3 is 2.21 bits per heavy atom. The summed E-state index contributed by atoms with van der Waals surface area (Å²) in [4.78, 5) is 92.0. The number of rotatable bonds is 5. The molecule has 6 atom stereocenters. The maximum Gasteiger partial charge on any atom is 0.329 e. The lowest BCUT2D eigenvalue weighted by molar-refractivity contribution is -0.160. The highest BCUT2D eigenvalue weighted by Crippen LogP contribution is 2.28. The smallest absolute Gasteiger partial charge is 0.329 e. The molecule has 0 aliphatic carbocycles. The van der Waals surface area contributed by atoms with Crippen molar-refractivity contribution in [1.82, 2.24) is 30.7 Å². The number of carbonyl (C=O) groups is 7. The molecule has 4 fully saturated rings. The molecule has 1 aromatic rings. The number of hydrogen-bond donors (Lipinski definition) is 4. The molecule has 5 N–H and O–H groups in total. The Kier molecular flexibility index (Phi) is 17.6. The van der Waals surface area contributed by atoms with Crippen LogP contribution >= 0.6 is 0 Å². The van der Waals surface area contributed by atoms with Gasteiger partial charge in [0, 0.05) is 31.4 Å². The van der Waals surface area contributed by atoms with E-state index in [4.69, 9.17) is 15.2 Å². The number of nitrogens with one attached hydrogen (secondary N) is 3. The normalized spacial score (nSPS) is 25.3.